The molecule has 0 bridgehead atoms. The summed E-state index contributed by atoms with van der Waals surface area (Å²) in [4.78, 5) is 20.2. The van der Waals surface area contributed by atoms with Crippen LogP contribution in [0.5, 0.6) is 0 Å². The number of hydrogen-bond acceptors (Lipinski definition) is 4. The van der Waals surface area contributed by atoms with Crippen LogP contribution in [0, 0.1) is 5.41 Å². The van der Waals surface area contributed by atoms with Crippen molar-refractivity contribution in [2.24, 2.45) is 11.1 Å². The van der Waals surface area contributed by atoms with Gasteiger partial charge in [0.05, 0.1) is 20.5 Å². The van der Waals surface area contributed by atoms with Crippen LogP contribution in [0.2, 0.25) is 15.1 Å². The second-order valence-corrected chi connectivity index (χ2v) is 10.1. The topological polar surface area (TPSA) is 72.1 Å². The molecule has 2 heterocycles. The Hall–Kier alpha value is -1.98. The number of nitrogens with zero attached hydrogens (tertiary/aromatic N) is 3. The highest BCUT2D eigenvalue weighted by molar-refractivity contribution is 6.48. The number of primary amides is 1. The van der Waals surface area contributed by atoms with E-state index in [2.05, 4.69) is 9.97 Å². The molecule has 0 radical (unpaired) electrons. The number of anilines is 1. The molecular weight excluding hydrogens is 545 g/mol. The lowest BCUT2D eigenvalue weighted by molar-refractivity contribution is -0.184. The molecule has 1 amide bonds. The molecule has 1 saturated carbocycles. The Morgan fingerprint density at radius 3 is 2.14 bits per heavy atom. The molecule has 1 atom stereocenters. The molecule has 1 saturated heterocycles. The van der Waals surface area contributed by atoms with Crippen LogP contribution in [-0.4, -0.2) is 35.1 Å². The number of aromatic nitrogens is 2. The molecule has 2 N–H and O–H groups in total. The molecule has 190 valence electrons. The zero-order valence-electron chi connectivity index (χ0n) is 17.7. The van der Waals surface area contributed by atoms with Crippen LogP contribution in [0.25, 0.3) is 0 Å². The number of nitrogens with two attached hydrogens (primary N) is 1. The summed E-state index contributed by atoms with van der Waals surface area (Å²) in [6.45, 7) is -1.04. The first-order valence-electron chi connectivity index (χ1n) is 10.3. The molecular formula is C21H17Cl3F6N4O. The first kappa shape index (κ1) is 26.1. The monoisotopic (exact) mass is 560 g/mol. The Morgan fingerprint density at radius 1 is 1.06 bits per heavy atom. The van der Waals surface area contributed by atoms with Crippen LogP contribution in [0.15, 0.2) is 18.3 Å². The van der Waals surface area contributed by atoms with Gasteiger partial charge in [0.15, 0.2) is 5.69 Å². The van der Waals surface area contributed by atoms with Gasteiger partial charge in [-0.25, -0.2) is 9.97 Å². The second-order valence-electron chi connectivity index (χ2n) is 8.87. The van der Waals surface area contributed by atoms with E-state index in [1.54, 1.807) is 0 Å². The summed E-state index contributed by atoms with van der Waals surface area (Å²) >= 11 is 17.8. The van der Waals surface area contributed by atoms with E-state index in [0.29, 0.717) is 12.8 Å². The SMILES string of the molecule is NC(=O)C1(Cc2cnc(N3CCC(c4cc(Cl)c(Cl)c(Cl)c4)(C(F)(F)F)C3)nc2C(F)(F)F)CC1. The van der Waals surface area contributed by atoms with E-state index in [4.69, 9.17) is 40.5 Å². The smallest absolute Gasteiger partial charge is 0.369 e. The van der Waals surface area contributed by atoms with Crippen LogP contribution >= 0.6 is 34.8 Å². The maximum Gasteiger partial charge on any atom is 0.433 e. The van der Waals surface area contributed by atoms with E-state index in [-0.39, 0.29) is 39.2 Å². The van der Waals surface area contributed by atoms with Crippen molar-refractivity contribution in [2.75, 3.05) is 18.0 Å². The van der Waals surface area contributed by atoms with Crippen LogP contribution in [-0.2, 0) is 22.8 Å². The Labute approximate surface area is 210 Å². The van der Waals surface area contributed by atoms with E-state index in [0.717, 1.165) is 23.2 Å². The first-order chi connectivity index (χ1) is 16.1. The molecule has 14 heteroatoms. The van der Waals surface area contributed by atoms with Crippen molar-refractivity contribution in [3.05, 3.63) is 50.2 Å². The van der Waals surface area contributed by atoms with E-state index in [1.165, 1.54) is 0 Å². The van der Waals surface area contributed by atoms with Gasteiger partial charge in [0.2, 0.25) is 11.9 Å². The number of halogens is 9. The van der Waals surface area contributed by atoms with Gasteiger partial charge in [-0.05, 0) is 43.4 Å². The number of hydrogen-bond donors (Lipinski definition) is 1. The summed E-state index contributed by atoms with van der Waals surface area (Å²) in [5.41, 5.74) is -0.167. The van der Waals surface area contributed by atoms with Crippen molar-refractivity contribution in [1.29, 1.82) is 0 Å². The zero-order valence-corrected chi connectivity index (χ0v) is 20.0. The average Bonchev–Trinajstić information content (AvgIpc) is 3.38. The van der Waals surface area contributed by atoms with Gasteiger partial charge in [-0.2, -0.15) is 26.3 Å². The fraction of sp³-hybridized carbons (Fsp3) is 0.476. The number of rotatable bonds is 5. The normalized spacial score (nSPS) is 21.9. The fourth-order valence-corrected chi connectivity index (χ4v) is 4.99. The van der Waals surface area contributed by atoms with Gasteiger partial charge in [-0.15, -0.1) is 0 Å². The third-order valence-corrected chi connectivity index (χ3v) is 7.85. The van der Waals surface area contributed by atoms with E-state index in [9.17, 15) is 31.1 Å². The molecule has 1 aliphatic carbocycles. The molecule has 1 aromatic heterocycles. The summed E-state index contributed by atoms with van der Waals surface area (Å²) in [5, 5.41) is -0.471. The van der Waals surface area contributed by atoms with E-state index >= 15 is 0 Å². The minimum absolute atomic E-state index is 0.109. The quantitative estimate of drug-likeness (QED) is 0.361. The number of alkyl halides is 6. The third-order valence-electron chi connectivity index (χ3n) is 6.66. The zero-order chi connectivity index (χ0) is 26.0. The number of carbonyl (C=O) groups is 1. The molecule has 4 rings (SSSR count). The highest BCUT2D eigenvalue weighted by Gasteiger charge is 2.60. The Bertz CT molecular complexity index is 1160. The van der Waals surface area contributed by atoms with Crippen LogP contribution in [0.4, 0.5) is 32.3 Å². The van der Waals surface area contributed by atoms with E-state index in [1.807, 2.05) is 0 Å². The predicted octanol–water partition coefficient (Wildman–Crippen LogP) is 5.97. The third kappa shape index (κ3) is 4.62. The molecule has 2 aliphatic rings. The highest BCUT2D eigenvalue weighted by atomic mass is 35.5. The standard InChI is InChI=1S/C21H17Cl3F6N4O/c22-12-5-11(6-13(23)14(12)24)19(21(28,29)30)3-4-34(9-19)17-32-8-10(15(33-17)20(25,26)27)7-18(1-2-18)16(31)35/h5-6,8H,1-4,7,9H2,(H2,31,35). The Balaban J connectivity index is 1.71. The van der Waals surface area contributed by atoms with Crippen molar-refractivity contribution in [1.82, 2.24) is 9.97 Å². The molecule has 35 heavy (non-hydrogen) atoms. The van der Waals surface area contributed by atoms with Crippen molar-refractivity contribution >= 4 is 46.7 Å². The lowest BCUT2D eigenvalue weighted by Gasteiger charge is -2.32. The maximum absolute atomic E-state index is 14.3. The minimum atomic E-state index is -4.92. The van der Waals surface area contributed by atoms with Crippen molar-refractivity contribution < 1.29 is 31.1 Å². The maximum atomic E-state index is 14.3. The summed E-state index contributed by atoms with van der Waals surface area (Å²) in [5.74, 6) is -1.23. The number of benzene rings is 1. The van der Waals surface area contributed by atoms with Crippen molar-refractivity contribution in [2.45, 2.75) is 43.5 Å². The molecule has 0 spiro atoms. The van der Waals surface area contributed by atoms with E-state index < -0.39 is 53.7 Å². The minimum Gasteiger partial charge on any atom is -0.369 e. The van der Waals surface area contributed by atoms with Gasteiger partial charge in [-0.3, -0.25) is 4.79 Å². The van der Waals surface area contributed by atoms with Gasteiger partial charge in [-0.1, -0.05) is 34.8 Å². The van der Waals surface area contributed by atoms with Gasteiger partial charge < -0.3 is 10.6 Å². The summed E-state index contributed by atoms with van der Waals surface area (Å²) in [7, 11) is 0. The summed E-state index contributed by atoms with van der Waals surface area (Å²) in [6.07, 6.45) is -8.93. The first-order valence-corrected chi connectivity index (χ1v) is 11.4. The Kier molecular flexibility index (Phi) is 6.38. The summed E-state index contributed by atoms with van der Waals surface area (Å²) in [6, 6.07) is 2.10. The van der Waals surface area contributed by atoms with Crippen LogP contribution in [0.1, 0.15) is 36.1 Å². The van der Waals surface area contributed by atoms with Gasteiger partial charge in [0.25, 0.3) is 0 Å². The highest BCUT2D eigenvalue weighted by Crippen LogP contribution is 2.51. The van der Waals surface area contributed by atoms with Crippen molar-refractivity contribution in [3.8, 4) is 0 Å². The molecule has 1 unspecified atom stereocenters. The van der Waals surface area contributed by atoms with Crippen LogP contribution < -0.4 is 10.6 Å². The molecule has 2 fully saturated rings. The predicted molar refractivity (Wildman–Crippen MR) is 118 cm³/mol. The molecule has 2 aromatic rings. The lowest BCUT2D eigenvalue weighted by atomic mass is 9.79. The number of carbonyl (C=O) groups excluding carboxylic acids is 1. The Morgan fingerprint density at radius 2 is 1.66 bits per heavy atom. The largest absolute Gasteiger partial charge is 0.433 e. The van der Waals surface area contributed by atoms with Crippen molar-refractivity contribution in [3.63, 3.8) is 0 Å². The number of amides is 1. The van der Waals surface area contributed by atoms with Gasteiger partial charge >= 0.3 is 12.4 Å². The second kappa shape index (κ2) is 8.55. The summed E-state index contributed by atoms with van der Waals surface area (Å²) < 4.78 is 84.4. The van der Waals surface area contributed by atoms with Crippen LogP contribution in [0.3, 0.4) is 0 Å². The average molecular weight is 562 g/mol. The van der Waals surface area contributed by atoms with Gasteiger partial charge in [0.1, 0.15) is 5.41 Å². The lowest BCUT2D eigenvalue weighted by Crippen LogP contribution is -2.45. The molecule has 5 nitrogen and oxygen atoms in total. The molecule has 1 aromatic carbocycles. The molecule has 1 aliphatic heterocycles. The van der Waals surface area contributed by atoms with Gasteiger partial charge in [0, 0.05) is 24.8 Å². The fourth-order valence-electron chi connectivity index (χ4n) is 4.39.